The van der Waals surface area contributed by atoms with Crippen molar-refractivity contribution in [3.63, 3.8) is 0 Å². The third-order valence-corrected chi connectivity index (χ3v) is 5.55. The molecule has 128 valence electrons. The predicted octanol–water partition coefficient (Wildman–Crippen LogP) is 2.90. The summed E-state index contributed by atoms with van der Waals surface area (Å²) in [6.45, 7) is 1.92. The van der Waals surface area contributed by atoms with Crippen LogP contribution in [0.3, 0.4) is 0 Å². The first kappa shape index (κ1) is 17.0. The highest BCUT2D eigenvalue weighted by atomic mass is 32.1. The maximum atomic E-state index is 12.1. The van der Waals surface area contributed by atoms with E-state index < -0.39 is 5.54 Å². The number of amides is 1. The quantitative estimate of drug-likeness (QED) is 0.887. The van der Waals surface area contributed by atoms with Gasteiger partial charge in [-0.25, -0.2) is 0 Å². The lowest BCUT2D eigenvalue weighted by Crippen LogP contribution is -2.57. The van der Waals surface area contributed by atoms with Gasteiger partial charge in [-0.2, -0.15) is 5.26 Å². The Labute approximate surface area is 150 Å². The minimum Gasteiger partial charge on any atom is -0.497 e. The van der Waals surface area contributed by atoms with Gasteiger partial charge in [0.15, 0.2) is 5.96 Å². The number of hydrogen-bond acceptors (Lipinski definition) is 5. The van der Waals surface area contributed by atoms with Crippen LogP contribution in [0.15, 0.2) is 29.6 Å². The SMILES string of the molecule is COc1cc(C#N)cc(-c2csc([C@@]3(C)CC(=O)N(C)C(=N)N3)c2)c1. The molecule has 3 rings (SSSR count). The molecule has 2 aromatic rings. The van der Waals surface area contributed by atoms with Crippen LogP contribution in [0.4, 0.5) is 0 Å². The van der Waals surface area contributed by atoms with E-state index in [0.717, 1.165) is 16.0 Å². The summed E-state index contributed by atoms with van der Waals surface area (Å²) in [6.07, 6.45) is 0.285. The van der Waals surface area contributed by atoms with Gasteiger partial charge in [-0.15, -0.1) is 11.3 Å². The molecule has 2 N–H and O–H groups in total. The zero-order valence-corrected chi connectivity index (χ0v) is 15.0. The lowest BCUT2D eigenvalue weighted by atomic mass is 9.92. The van der Waals surface area contributed by atoms with E-state index in [1.54, 1.807) is 20.2 Å². The van der Waals surface area contributed by atoms with Crippen LogP contribution in [0.2, 0.25) is 0 Å². The van der Waals surface area contributed by atoms with Crippen LogP contribution in [-0.2, 0) is 10.3 Å². The molecule has 0 unspecified atom stereocenters. The molecule has 0 bridgehead atoms. The molecular formula is C18H18N4O2S. The average Bonchev–Trinajstić information content (AvgIpc) is 3.10. The third kappa shape index (κ3) is 3.08. The molecule has 7 heteroatoms. The zero-order chi connectivity index (χ0) is 18.2. The van der Waals surface area contributed by atoms with Crippen molar-refractivity contribution in [3.05, 3.63) is 40.1 Å². The van der Waals surface area contributed by atoms with E-state index >= 15 is 0 Å². The van der Waals surface area contributed by atoms with Gasteiger partial charge in [0.05, 0.1) is 30.7 Å². The van der Waals surface area contributed by atoms with Crippen molar-refractivity contribution < 1.29 is 9.53 Å². The molecule has 1 aromatic heterocycles. The topological polar surface area (TPSA) is 89.2 Å². The second-order valence-electron chi connectivity index (χ2n) is 6.20. The summed E-state index contributed by atoms with van der Waals surface area (Å²) in [4.78, 5) is 14.4. The van der Waals surface area contributed by atoms with Gasteiger partial charge in [-0.05, 0) is 47.7 Å². The van der Waals surface area contributed by atoms with Gasteiger partial charge in [0.1, 0.15) is 5.75 Å². The number of nitrogens with zero attached hydrogens (tertiary/aromatic N) is 2. The summed E-state index contributed by atoms with van der Waals surface area (Å²) in [6, 6.07) is 9.52. The molecule has 2 heterocycles. The normalized spacial score (nSPS) is 20.2. The van der Waals surface area contributed by atoms with Crippen LogP contribution in [-0.4, -0.2) is 30.9 Å². The summed E-state index contributed by atoms with van der Waals surface area (Å²) in [5.74, 6) is 0.638. The van der Waals surface area contributed by atoms with Crippen LogP contribution >= 0.6 is 11.3 Å². The van der Waals surface area contributed by atoms with Gasteiger partial charge in [-0.3, -0.25) is 15.1 Å². The van der Waals surface area contributed by atoms with Crippen LogP contribution in [0, 0.1) is 16.7 Å². The van der Waals surface area contributed by atoms with Crippen molar-refractivity contribution in [2.45, 2.75) is 18.9 Å². The fraction of sp³-hybridized carbons (Fsp3) is 0.278. The van der Waals surface area contributed by atoms with Gasteiger partial charge < -0.3 is 10.1 Å². The second-order valence-corrected chi connectivity index (χ2v) is 7.11. The molecule has 1 aliphatic heterocycles. The van der Waals surface area contributed by atoms with Crippen molar-refractivity contribution in [1.82, 2.24) is 10.2 Å². The van der Waals surface area contributed by atoms with Crippen LogP contribution < -0.4 is 10.1 Å². The Morgan fingerprint density at radius 2 is 2.12 bits per heavy atom. The van der Waals surface area contributed by atoms with Crippen LogP contribution in [0.1, 0.15) is 23.8 Å². The second kappa shape index (κ2) is 6.22. The van der Waals surface area contributed by atoms with Crippen molar-refractivity contribution in [2.24, 2.45) is 0 Å². The first-order chi connectivity index (χ1) is 11.9. The number of thiophene rings is 1. The van der Waals surface area contributed by atoms with E-state index in [-0.39, 0.29) is 18.3 Å². The molecule has 1 fully saturated rings. The minimum absolute atomic E-state index is 0.0886. The molecule has 0 spiro atoms. The first-order valence-electron chi connectivity index (χ1n) is 7.68. The third-order valence-electron chi connectivity index (χ3n) is 4.36. The predicted molar refractivity (Wildman–Crippen MR) is 96.6 cm³/mol. The van der Waals surface area contributed by atoms with E-state index in [0.29, 0.717) is 11.3 Å². The fourth-order valence-electron chi connectivity index (χ4n) is 2.81. The van der Waals surface area contributed by atoms with Gasteiger partial charge >= 0.3 is 0 Å². The number of nitrogens with one attached hydrogen (secondary N) is 2. The fourth-order valence-corrected chi connectivity index (χ4v) is 3.85. The van der Waals surface area contributed by atoms with E-state index in [4.69, 9.17) is 10.1 Å². The minimum atomic E-state index is -0.611. The highest BCUT2D eigenvalue weighted by Gasteiger charge is 2.38. The highest BCUT2D eigenvalue weighted by Crippen LogP contribution is 2.37. The van der Waals surface area contributed by atoms with Gasteiger partial charge in [-0.1, -0.05) is 0 Å². The molecule has 1 aromatic carbocycles. The summed E-state index contributed by atoms with van der Waals surface area (Å²) in [5, 5.41) is 22.2. The molecule has 1 amide bonds. The molecule has 0 aliphatic carbocycles. The zero-order valence-electron chi connectivity index (χ0n) is 14.2. The lowest BCUT2D eigenvalue weighted by molar-refractivity contribution is -0.129. The maximum Gasteiger partial charge on any atom is 0.231 e. The van der Waals surface area contributed by atoms with Crippen molar-refractivity contribution >= 4 is 23.2 Å². The number of rotatable bonds is 3. The smallest absolute Gasteiger partial charge is 0.231 e. The monoisotopic (exact) mass is 354 g/mol. The molecule has 1 atom stereocenters. The number of carbonyl (C=O) groups excluding carboxylic acids is 1. The average molecular weight is 354 g/mol. The van der Waals surface area contributed by atoms with Crippen LogP contribution in [0.5, 0.6) is 5.75 Å². The number of guanidine groups is 1. The molecule has 1 aliphatic rings. The summed E-state index contributed by atoms with van der Waals surface area (Å²) < 4.78 is 5.26. The molecule has 25 heavy (non-hydrogen) atoms. The summed E-state index contributed by atoms with van der Waals surface area (Å²) >= 11 is 1.53. The number of benzene rings is 1. The number of hydrogen-bond donors (Lipinski definition) is 2. The number of ether oxygens (including phenoxy) is 1. The molecule has 1 saturated heterocycles. The molecular weight excluding hydrogens is 336 g/mol. The van der Waals surface area contributed by atoms with Crippen molar-refractivity contribution in [3.8, 4) is 22.9 Å². The Hall–Kier alpha value is -2.85. The molecule has 0 saturated carbocycles. The summed E-state index contributed by atoms with van der Waals surface area (Å²) in [7, 11) is 3.16. The van der Waals surface area contributed by atoms with E-state index in [1.165, 1.54) is 16.2 Å². The standard InChI is InChI=1S/C18H18N4O2S/c1-18(8-16(23)22(2)17(20)21-18)15-7-13(10-25-15)12-4-11(9-19)5-14(6-12)24-3/h4-7,10H,8H2,1-3H3,(H2,20,21)/t18-/m1/s1. The van der Waals surface area contributed by atoms with Crippen molar-refractivity contribution in [2.75, 3.05) is 14.2 Å². The van der Waals surface area contributed by atoms with Gasteiger partial charge in [0, 0.05) is 11.9 Å². The van der Waals surface area contributed by atoms with E-state index in [1.807, 2.05) is 30.5 Å². The Morgan fingerprint density at radius 1 is 1.36 bits per heavy atom. The maximum absolute atomic E-state index is 12.1. The van der Waals surface area contributed by atoms with Crippen LogP contribution in [0.25, 0.3) is 11.1 Å². The first-order valence-corrected chi connectivity index (χ1v) is 8.56. The largest absolute Gasteiger partial charge is 0.497 e. The van der Waals surface area contributed by atoms with Gasteiger partial charge in [0.2, 0.25) is 5.91 Å². The Balaban J connectivity index is 1.97. The van der Waals surface area contributed by atoms with E-state index in [9.17, 15) is 10.1 Å². The molecule has 6 nitrogen and oxygen atoms in total. The highest BCUT2D eigenvalue weighted by molar-refractivity contribution is 7.10. The summed E-state index contributed by atoms with van der Waals surface area (Å²) in [5.41, 5.74) is 1.76. The lowest BCUT2D eigenvalue weighted by Gasteiger charge is -2.38. The van der Waals surface area contributed by atoms with E-state index in [2.05, 4.69) is 11.4 Å². The Kier molecular flexibility index (Phi) is 4.23. The Bertz CT molecular complexity index is 879. The Morgan fingerprint density at radius 3 is 2.76 bits per heavy atom. The molecule has 0 radical (unpaired) electrons. The number of carbonyl (C=O) groups is 1. The van der Waals surface area contributed by atoms with Crippen molar-refractivity contribution in [1.29, 1.82) is 10.7 Å². The van der Waals surface area contributed by atoms with Gasteiger partial charge in [0.25, 0.3) is 0 Å². The number of methoxy groups -OCH3 is 1. The number of nitriles is 1.